The van der Waals surface area contributed by atoms with Crippen molar-refractivity contribution in [2.75, 3.05) is 79.3 Å². The molecule has 4 N–H and O–H groups in total. The Hall–Kier alpha value is -0.0603. The van der Waals surface area contributed by atoms with E-state index < -0.39 is 0 Å². The van der Waals surface area contributed by atoms with Crippen LogP contribution >= 0.6 is 0 Å². The summed E-state index contributed by atoms with van der Waals surface area (Å²) in [5, 5.41) is 4.50. The Morgan fingerprint density at radius 2 is 0.500 bits per heavy atom. The number of quaternary nitrogens is 2. The topological polar surface area (TPSA) is 88.6 Å². The zero-order valence-corrected chi connectivity index (χ0v) is 14.1. The molecule has 24 heavy (non-hydrogen) atoms. The van der Waals surface area contributed by atoms with Gasteiger partial charge in [-0.05, 0) is 0 Å². The highest BCUT2D eigenvalue weighted by atomic mass is 16.6. The first kappa shape index (κ1) is 26.2. The molecule has 1 fully saturated rings. The van der Waals surface area contributed by atoms with E-state index in [0.29, 0.717) is 95.2 Å². The molecule has 0 radical (unpaired) electrons. The monoisotopic (exact) mass is 350 g/mol. The van der Waals surface area contributed by atoms with Gasteiger partial charge in [-0.2, -0.15) is 0 Å². The van der Waals surface area contributed by atoms with Crippen LogP contribution in [0.4, 0.5) is 0 Å². The normalized spacial score (nSPS) is 19.4. The van der Waals surface area contributed by atoms with Gasteiger partial charge < -0.3 is 38.7 Å². The minimum atomic E-state index is 0.586. The van der Waals surface area contributed by atoms with E-state index in [9.17, 15) is 0 Å². The Kier molecular flexibility index (Phi) is 30.3. The molecule has 1 aliphatic rings. The Labute approximate surface area is 150 Å². The predicted octanol–water partition coefficient (Wildman–Crippen LogP) is -7.14. The molecule has 0 aromatic heterocycles. The Bertz CT molecular complexity index is 137. The molecular weight excluding hydrogens is 311 g/mol. The molecule has 0 bridgehead atoms. The lowest BCUT2D eigenvalue weighted by atomic mass is 10.3. The molecule has 0 unspecified atom stereocenters. The molecule has 0 spiro atoms. The third-order valence-electron chi connectivity index (χ3n) is 2.23. The fraction of sp³-hybridized carbons (Fsp3) is 1.00. The molecule has 1 aliphatic heterocycles. The second-order valence-corrected chi connectivity index (χ2v) is 3.67. The number of hydrogen-bond acceptors (Lipinski definition) is 6. The van der Waals surface area contributed by atoms with Crippen LogP contribution in [0, 0.1) is 0 Å². The van der Waals surface area contributed by atoms with Crippen LogP contribution in [-0.2, 0) is 28.4 Å². The molecule has 0 saturated carbocycles. The van der Waals surface area contributed by atoms with Crippen molar-refractivity contribution in [2.45, 2.75) is 0 Å². The van der Waals surface area contributed by atoms with E-state index in [0.717, 1.165) is 0 Å². The van der Waals surface area contributed by atoms with Crippen LogP contribution in [0.3, 0.4) is 0 Å². The lowest BCUT2D eigenvalue weighted by Crippen LogP contribution is -2.78. The van der Waals surface area contributed by atoms with Crippen LogP contribution < -0.4 is 10.3 Å². The van der Waals surface area contributed by atoms with Crippen molar-refractivity contribution in [1.82, 2.24) is 0 Å². The molecular formula is C12H38B4N2O6. The average molecular weight is 350 g/mol. The number of hydrogen-bond donors (Lipinski definition) is 2. The standard InChI is InChI=1S/C12H24O6.2B2H7N/c1-2-14-5-6-16-9-10-18-12-11-17-8-7-15-4-3-13-1;2*1-3-2/h1-12H2;2*1,3H2,2H3. The quantitative estimate of drug-likeness (QED) is 0.423. The summed E-state index contributed by atoms with van der Waals surface area (Å²) >= 11 is 0. The first-order valence-corrected chi connectivity index (χ1v) is 7.62. The van der Waals surface area contributed by atoms with E-state index in [1.807, 2.05) is 0 Å². The van der Waals surface area contributed by atoms with Gasteiger partial charge >= 0.3 is 16.0 Å². The summed E-state index contributed by atoms with van der Waals surface area (Å²) in [5.74, 6) is 0. The maximum Gasteiger partial charge on any atom is 0.323 e. The Morgan fingerprint density at radius 1 is 0.417 bits per heavy atom. The third kappa shape index (κ3) is 29.9. The predicted molar refractivity (Wildman–Crippen MR) is 106 cm³/mol. The summed E-state index contributed by atoms with van der Waals surface area (Å²) in [4.78, 5) is 0. The van der Waals surface area contributed by atoms with Crippen molar-refractivity contribution in [2.24, 2.45) is 0 Å². The summed E-state index contributed by atoms with van der Waals surface area (Å²) in [7, 11) is 5.50. The highest BCUT2D eigenvalue weighted by Crippen LogP contribution is 1.86. The second-order valence-electron chi connectivity index (χ2n) is 3.67. The largest absolute Gasteiger partial charge is 0.626 e. The van der Waals surface area contributed by atoms with Gasteiger partial charge in [-0.15, -0.1) is 0 Å². The number of ether oxygens (including phenoxy) is 6. The van der Waals surface area contributed by atoms with Crippen LogP contribution in [0.15, 0.2) is 0 Å². The van der Waals surface area contributed by atoms with Crippen LogP contribution in [0.1, 0.15) is 0 Å². The first-order chi connectivity index (χ1) is 11.8. The molecule has 0 atom stereocenters. The molecule has 0 aliphatic carbocycles. The van der Waals surface area contributed by atoms with E-state index in [2.05, 4.69) is 26.2 Å². The minimum absolute atomic E-state index is 0.586. The van der Waals surface area contributed by atoms with E-state index in [1.54, 1.807) is 0 Å². The molecule has 0 amide bonds. The van der Waals surface area contributed by atoms with Crippen LogP contribution in [-0.4, -0.2) is 111 Å². The number of nitrogens with two attached hydrogens (primary N) is 2. The summed E-state index contributed by atoms with van der Waals surface area (Å²) in [6.07, 6.45) is 0. The maximum absolute atomic E-state index is 5.33. The lowest BCUT2D eigenvalue weighted by Gasteiger charge is -2.09. The molecule has 144 valence electrons. The van der Waals surface area contributed by atoms with Crippen molar-refractivity contribution in [1.29, 1.82) is 0 Å². The highest BCUT2D eigenvalue weighted by Gasteiger charge is 1.95. The van der Waals surface area contributed by atoms with E-state index in [-0.39, 0.29) is 0 Å². The molecule has 1 heterocycles. The molecule has 12 heteroatoms. The molecule has 1 rings (SSSR count). The Morgan fingerprint density at radius 3 is 0.583 bits per heavy atom. The van der Waals surface area contributed by atoms with Crippen molar-refractivity contribution < 1.29 is 38.7 Å². The van der Waals surface area contributed by atoms with Crippen molar-refractivity contribution >= 4 is 31.9 Å². The van der Waals surface area contributed by atoms with Crippen molar-refractivity contribution in [3.05, 3.63) is 0 Å². The summed E-state index contributed by atoms with van der Waals surface area (Å²) in [6.45, 7) is 7.04. The van der Waals surface area contributed by atoms with Crippen LogP contribution in [0.5, 0.6) is 0 Å². The lowest BCUT2D eigenvalue weighted by molar-refractivity contribution is -0.329. The second kappa shape index (κ2) is 27.8. The number of rotatable bonds is 0. The first-order valence-electron chi connectivity index (χ1n) is 7.62. The van der Waals surface area contributed by atoms with Gasteiger partial charge in [-0.3, -0.25) is 0 Å². The van der Waals surface area contributed by atoms with Gasteiger partial charge in [0.2, 0.25) is 0 Å². The van der Waals surface area contributed by atoms with Crippen molar-refractivity contribution in [3.8, 4) is 0 Å². The fourth-order valence-corrected chi connectivity index (χ4v) is 1.32. The van der Waals surface area contributed by atoms with E-state index in [4.69, 9.17) is 28.4 Å². The zero-order chi connectivity index (χ0) is 18.1. The van der Waals surface area contributed by atoms with Gasteiger partial charge in [0.1, 0.15) is 16.0 Å². The van der Waals surface area contributed by atoms with Gasteiger partial charge in [-0.1, -0.05) is 0 Å². The fourth-order valence-electron chi connectivity index (χ4n) is 1.32. The highest BCUT2D eigenvalue weighted by molar-refractivity contribution is 6.09. The molecule has 0 aromatic carbocycles. The smallest absolute Gasteiger partial charge is 0.323 e. The van der Waals surface area contributed by atoms with Gasteiger partial charge in [0.05, 0.1) is 79.3 Å². The van der Waals surface area contributed by atoms with Gasteiger partial charge in [0.25, 0.3) is 0 Å². The Balaban J connectivity index is 0. The third-order valence-corrected chi connectivity index (χ3v) is 2.23. The molecule has 0 aromatic rings. The zero-order valence-electron chi connectivity index (χ0n) is 14.1. The summed E-state index contributed by atoms with van der Waals surface area (Å²) in [5.41, 5.74) is 0. The molecule has 8 nitrogen and oxygen atoms in total. The van der Waals surface area contributed by atoms with Crippen LogP contribution in [0.2, 0.25) is 0 Å². The van der Waals surface area contributed by atoms with Gasteiger partial charge in [0, 0.05) is 0 Å². The SMILES string of the molecule is B[NH2+][BH3-].B[NH2+][BH3-].C1COCCOCCOCCOCCOCCO1. The summed E-state index contributed by atoms with van der Waals surface area (Å²) in [6, 6.07) is 0. The van der Waals surface area contributed by atoms with Crippen molar-refractivity contribution in [3.63, 3.8) is 0 Å². The van der Waals surface area contributed by atoms with Gasteiger partial charge in [-0.25, -0.2) is 0 Å². The van der Waals surface area contributed by atoms with Gasteiger partial charge in [0.15, 0.2) is 0 Å². The van der Waals surface area contributed by atoms with E-state index >= 15 is 0 Å². The van der Waals surface area contributed by atoms with E-state index in [1.165, 1.54) is 0 Å². The average Bonchev–Trinajstić information content (AvgIpc) is 2.56. The van der Waals surface area contributed by atoms with Crippen LogP contribution in [0.25, 0.3) is 0 Å². The minimum Gasteiger partial charge on any atom is -0.626 e. The maximum atomic E-state index is 5.33. The molecule has 1 saturated heterocycles. The summed E-state index contributed by atoms with van der Waals surface area (Å²) < 4.78 is 32.0.